The van der Waals surface area contributed by atoms with E-state index in [1.165, 1.54) is 47.4 Å². The summed E-state index contributed by atoms with van der Waals surface area (Å²) in [5, 5.41) is 4.29. The Morgan fingerprint density at radius 2 is 1.77 bits per heavy atom. The van der Waals surface area contributed by atoms with Crippen molar-refractivity contribution in [1.29, 1.82) is 0 Å². The Morgan fingerprint density at radius 1 is 1.15 bits per heavy atom. The molecule has 136 valence electrons. The Kier molecular flexibility index (Phi) is 5.01. The Bertz CT molecular complexity index is 1020. The summed E-state index contributed by atoms with van der Waals surface area (Å²) in [7, 11) is -3.35. The molecule has 0 aliphatic rings. The minimum Gasteiger partial charge on any atom is -0.239 e. The van der Waals surface area contributed by atoms with Gasteiger partial charge in [0.05, 0.1) is 27.7 Å². The summed E-state index contributed by atoms with van der Waals surface area (Å²) in [4.78, 5) is 8.25. The van der Waals surface area contributed by atoms with E-state index in [0.29, 0.717) is 22.2 Å². The van der Waals surface area contributed by atoms with Gasteiger partial charge in [0.15, 0.2) is 9.84 Å². The first-order chi connectivity index (χ1) is 12.2. The number of rotatable bonds is 5. The standard InChI is InChI=1S/C16H13ClF2N4O2S/c1-26(24,25)13-4-2-11(3-5-13)23-12(6-14(22-23)16(18)19)7-15-20-8-10(17)9-21-15/h2-6,8-9,16H,7H2,1H3. The highest BCUT2D eigenvalue weighted by atomic mass is 35.5. The summed E-state index contributed by atoms with van der Waals surface area (Å²) < 4.78 is 50.6. The maximum Gasteiger partial charge on any atom is 0.282 e. The van der Waals surface area contributed by atoms with Crippen molar-refractivity contribution >= 4 is 21.4 Å². The molecular formula is C16H13ClF2N4O2S. The van der Waals surface area contributed by atoms with Gasteiger partial charge in [-0.05, 0) is 30.3 Å². The lowest BCUT2D eigenvalue weighted by atomic mass is 10.2. The molecule has 2 aromatic heterocycles. The number of hydrogen-bond acceptors (Lipinski definition) is 5. The molecule has 3 aromatic rings. The average Bonchev–Trinajstić information content (AvgIpc) is 3.00. The average molecular weight is 399 g/mol. The Hall–Kier alpha value is -2.39. The molecule has 0 amide bonds. The van der Waals surface area contributed by atoms with Gasteiger partial charge in [-0.1, -0.05) is 11.6 Å². The molecular weight excluding hydrogens is 386 g/mol. The number of nitrogens with zero attached hydrogens (tertiary/aromatic N) is 4. The smallest absolute Gasteiger partial charge is 0.239 e. The molecule has 2 heterocycles. The molecule has 0 aliphatic heterocycles. The van der Waals surface area contributed by atoms with Crippen molar-refractivity contribution in [3.05, 3.63) is 65.0 Å². The largest absolute Gasteiger partial charge is 0.282 e. The van der Waals surface area contributed by atoms with Gasteiger partial charge in [-0.25, -0.2) is 31.8 Å². The van der Waals surface area contributed by atoms with Crippen molar-refractivity contribution in [3.8, 4) is 5.69 Å². The molecule has 0 saturated heterocycles. The van der Waals surface area contributed by atoms with Crippen molar-refractivity contribution in [2.45, 2.75) is 17.7 Å². The van der Waals surface area contributed by atoms with Gasteiger partial charge in [0.2, 0.25) is 0 Å². The van der Waals surface area contributed by atoms with Crippen LogP contribution in [0.5, 0.6) is 0 Å². The fraction of sp³-hybridized carbons (Fsp3) is 0.188. The van der Waals surface area contributed by atoms with Crippen LogP contribution in [0.25, 0.3) is 5.69 Å². The number of sulfone groups is 1. The van der Waals surface area contributed by atoms with Crippen molar-refractivity contribution in [3.63, 3.8) is 0 Å². The number of halogens is 3. The number of hydrogen-bond donors (Lipinski definition) is 0. The van der Waals surface area contributed by atoms with Crippen LogP contribution in [0.2, 0.25) is 5.02 Å². The third-order valence-electron chi connectivity index (χ3n) is 3.55. The summed E-state index contributed by atoms with van der Waals surface area (Å²) in [5.41, 5.74) is 0.504. The monoisotopic (exact) mass is 398 g/mol. The van der Waals surface area contributed by atoms with E-state index in [4.69, 9.17) is 11.6 Å². The lowest BCUT2D eigenvalue weighted by Gasteiger charge is -2.08. The van der Waals surface area contributed by atoms with Crippen LogP contribution in [0.4, 0.5) is 8.78 Å². The maximum atomic E-state index is 13.1. The highest BCUT2D eigenvalue weighted by Crippen LogP contribution is 2.23. The molecule has 0 atom stereocenters. The van der Waals surface area contributed by atoms with Gasteiger partial charge in [-0.3, -0.25) is 0 Å². The molecule has 0 spiro atoms. The molecule has 0 aliphatic carbocycles. The Labute approximate surface area is 153 Å². The molecule has 6 nitrogen and oxygen atoms in total. The number of alkyl halides is 2. The highest BCUT2D eigenvalue weighted by molar-refractivity contribution is 7.90. The molecule has 0 radical (unpaired) electrons. The van der Waals surface area contributed by atoms with Crippen LogP contribution in [0.15, 0.2) is 47.6 Å². The third-order valence-corrected chi connectivity index (χ3v) is 4.87. The Morgan fingerprint density at radius 3 is 2.31 bits per heavy atom. The fourth-order valence-electron chi connectivity index (χ4n) is 2.32. The van der Waals surface area contributed by atoms with E-state index in [-0.39, 0.29) is 17.0 Å². The van der Waals surface area contributed by atoms with Gasteiger partial charge in [0, 0.05) is 18.6 Å². The SMILES string of the molecule is CS(=O)(=O)c1ccc(-n2nc(C(F)F)cc2Cc2ncc(Cl)cn2)cc1. The zero-order valence-electron chi connectivity index (χ0n) is 13.5. The van der Waals surface area contributed by atoms with Crippen molar-refractivity contribution in [2.24, 2.45) is 0 Å². The molecule has 1 aromatic carbocycles. The van der Waals surface area contributed by atoms with Crippen LogP contribution in [0, 0.1) is 0 Å². The predicted molar refractivity (Wildman–Crippen MR) is 91.5 cm³/mol. The van der Waals surface area contributed by atoms with Crippen LogP contribution >= 0.6 is 11.6 Å². The van der Waals surface area contributed by atoms with Gasteiger partial charge < -0.3 is 0 Å². The first-order valence-electron chi connectivity index (χ1n) is 7.38. The predicted octanol–water partition coefficient (Wildman–Crippen LogP) is 3.25. The summed E-state index contributed by atoms with van der Waals surface area (Å²) in [6.45, 7) is 0. The van der Waals surface area contributed by atoms with Gasteiger partial charge in [-0.2, -0.15) is 5.10 Å². The van der Waals surface area contributed by atoms with E-state index < -0.39 is 16.3 Å². The van der Waals surface area contributed by atoms with Gasteiger partial charge in [0.25, 0.3) is 6.43 Å². The molecule has 0 fully saturated rings. The first-order valence-corrected chi connectivity index (χ1v) is 9.65. The molecule has 10 heteroatoms. The molecule has 26 heavy (non-hydrogen) atoms. The van der Waals surface area contributed by atoms with E-state index >= 15 is 0 Å². The zero-order valence-corrected chi connectivity index (χ0v) is 15.0. The topological polar surface area (TPSA) is 77.7 Å². The zero-order chi connectivity index (χ0) is 18.9. The molecule has 0 bridgehead atoms. The van der Waals surface area contributed by atoms with Crippen LogP contribution in [-0.2, 0) is 16.3 Å². The van der Waals surface area contributed by atoms with E-state index in [1.54, 1.807) is 0 Å². The molecule has 0 saturated carbocycles. The summed E-state index contributed by atoms with van der Waals surface area (Å²) >= 11 is 5.75. The second-order valence-corrected chi connectivity index (χ2v) is 7.99. The number of aromatic nitrogens is 4. The normalized spacial score (nSPS) is 11.9. The van der Waals surface area contributed by atoms with Crippen LogP contribution in [-0.4, -0.2) is 34.4 Å². The minimum atomic E-state index is -3.35. The van der Waals surface area contributed by atoms with Crippen molar-refractivity contribution in [2.75, 3.05) is 6.26 Å². The summed E-state index contributed by atoms with van der Waals surface area (Å²) in [6, 6.07) is 7.08. The molecule has 0 unspecified atom stereocenters. The van der Waals surface area contributed by atoms with Crippen molar-refractivity contribution in [1.82, 2.24) is 19.7 Å². The van der Waals surface area contributed by atoms with Crippen LogP contribution in [0.1, 0.15) is 23.6 Å². The number of benzene rings is 1. The molecule has 0 N–H and O–H groups in total. The third kappa shape index (κ3) is 4.05. The van der Waals surface area contributed by atoms with Crippen molar-refractivity contribution < 1.29 is 17.2 Å². The van der Waals surface area contributed by atoms with Gasteiger partial charge in [-0.15, -0.1) is 0 Å². The van der Waals surface area contributed by atoms with Crippen LogP contribution < -0.4 is 0 Å². The second kappa shape index (κ2) is 7.08. The highest BCUT2D eigenvalue weighted by Gasteiger charge is 2.18. The summed E-state index contributed by atoms with van der Waals surface area (Å²) in [5.74, 6) is 0.393. The lowest BCUT2D eigenvalue weighted by Crippen LogP contribution is -2.06. The van der Waals surface area contributed by atoms with Gasteiger partial charge in [0.1, 0.15) is 11.5 Å². The second-order valence-electron chi connectivity index (χ2n) is 5.53. The maximum absolute atomic E-state index is 13.1. The van der Waals surface area contributed by atoms with E-state index in [0.717, 1.165) is 6.26 Å². The quantitative estimate of drug-likeness (QED) is 0.659. The first kappa shape index (κ1) is 18.4. The van der Waals surface area contributed by atoms with E-state index in [9.17, 15) is 17.2 Å². The molecule has 3 rings (SSSR count). The lowest BCUT2D eigenvalue weighted by molar-refractivity contribution is 0.145. The Balaban J connectivity index is 2.01. The fourth-order valence-corrected chi connectivity index (χ4v) is 3.05. The van der Waals surface area contributed by atoms with Gasteiger partial charge >= 0.3 is 0 Å². The van der Waals surface area contributed by atoms with Crippen LogP contribution in [0.3, 0.4) is 0 Å². The van der Waals surface area contributed by atoms with E-state index in [2.05, 4.69) is 15.1 Å². The minimum absolute atomic E-state index is 0.130. The van der Waals surface area contributed by atoms with E-state index in [1.807, 2.05) is 0 Å². The summed E-state index contributed by atoms with van der Waals surface area (Å²) in [6.07, 6.45) is 1.34.